The summed E-state index contributed by atoms with van der Waals surface area (Å²) in [7, 11) is 0. The first-order valence-electron chi connectivity index (χ1n) is 3.04. The van der Waals surface area contributed by atoms with Crippen LogP contribution in [0.4, 0.5) is 0 Å². The van der Waals surface area contributed by atoms with Gasteiger partial charge in [-0.15, -0.1) is 0 Å². The summed E-state index contributed by atoms with van der Waals surface area (Å²) < 4.78 is 1.20. The minimum atomic E-state index is -0.643. The molecule has 0 atom stereocenters. The molecule has 0 aliphatic rings. The van der Waals surface area contributed by atoms with Crippen LogP contribution in [0.1, 0.15) is 0 Å². The Balaban J connectivity index is 2.65. The predicted octanol–water partition coefficient (Wildman–Crippen LogP) is 0.283. The molecule has 11 heavy (non-hydrogen) atoms. The van der Waals surface area contributed by atoms with E-state index >= 15 is 0 Å². The summed E-state index contributed by atoms with van der Waals surface area (Å²) in [6, 6.07) is 9.20. The molecule has 0 unspecified atom stereocenters. The van der Waals surface area contributed by atoms with Crippen molar-refractivity contribution in [1.29, 1.82) is 0 Å². The molecule has 0 heterocycles. The molecule has 0 aromatic heterocycles. The monoisotopic (exact) mass is 165 g/mol. The Morgan fingerprint density at radius 3 is 2.55 bits per heavy atom. The van der Waals surface area contributed by atoms with E-state index in [9.17, 15) is 5.21 Å². The second kappa shape index (κ2) is 3.96. The second-order valence-electron chi connectivity index (χ2n) is 1.93. The Hall–Kier alpha value is -1.05. The fraction of sp³-hybridized carbons (Fsp3) is 0. The van der Waals surface area contributed by atoms with E-state index in [1.807, 2.05) is 30.3 Å². The van der Waals surface area contributed by atoms with Crippen molar-refractivity contribution in [2.24, 2.45) is 5.28 Å². The van der Waals surface area contributed by atoms with Crippen molar-refractivity contribution >= 4 is 19.9 Å². The van der Waals surface area contributed by atoms with Gasteiger partial charge in [0.1, 0.15) is 5.28 Å². The molecule has 5 heteroatoms. The molecule has 1 aromatic rings. The highest BCUT2D eigenvalue weighted by molar-refractivity contribution is 6.45. The standard InChI is InChI=1S/C6H5.Al.HN2O2/c1-2-4-6-5-3-1;;3-1-2-4/h1-5H;;3H. The van der Waals surface area contributed by atoms with Gasteiger partial charge in [0, 0.05) is 0 Å². The third-order valence-corrected chi connectivity index (χ3v) is 2.15. The van der Waals surface area contributed by atoms with Crippen LogP contribution in [0.15, 0.2) is 35.6 Å². The summed E-state index contributed by atoms with van der Waals surface area (Å²) in [6.07, 6.45) is 0. The molecule has 0 fully saturated rings. The molecule has 1 rings (SSSR count). The largest absolute Gasteiger partial charge is 0.845 e. The van der Waals surface area contributed by atoms with Gasteiger partial charge in [-0.2, -0.15) is 0 Å². The maximum Gasteiger partial charge on any atom is 0.845 e. The van der Waals surface area contributed by atoms with Crippen LogP contribution in [0.5, 0.6) is 0 Å². The summed E-state index contributed by atoms with van der Waals surface area (Å²) in [5.41, 5.74) is 0. The fourth-order valence-corrected chi connectivity index (χ4v) is 1.39. The molecule has 4 nitrogen and oxygen atoms in total. The summed E-state index contributed by atoms with van der Waals surface area (Å²) >= 11 is -0.643. The zero-order valence-corrected chi connectivity index (χ0v) is 6.87. The van der Waals surface area contributed by atoms with E-state index < -0.39 is 15.4 Å². The zero-order valence-electron chi connectivity index (χ0n) is 5.71. The van der Waals surface area contributed by atoms with Crippen molar-refractivity contribution in [1.82, 2.24) is 0 Å². The third kappa shape index (κ3) is 2.58. The average Bonchev–Trinajstić information content (AvgIpc) is 2.06. The molecule has 1 radical (unpaired) electrons. The van der Waals surface area contributed by atoms with Crippen molar-refractivity contribution in [3.8, 4) is 0 Å². The molecule has 1 aromatic carbocycles. The van der Waals surface area contributed by atoms with Gasteiger partial charge in [-0.1, -0.05) is 30.3 Å². The normalized spacial score (nSPS) is 11.1. The van der Waals surface area contributed by atoms with Gasteiger partial charge >= 0.3 is 15.4 Å². The molecule has 0 aliphatic carbocycles. The maximum atomic E-state index is 10.5. The molecule has 1 N–H and O–H groups in total. The first kappa shape index (κ1) is 8.05. The van der Waals surface area contributed by atoms with Gasteiger partial charge in [0.15, 0.2) is 0 Å². The van der Waals surface area contributed by atoms with Crippen LogP contribution in [-0.4, -0.2) is 24.5 Å². The second-order valence-corrected chi connectivity index (χ2v) is 3.30. The summed E-state index contributed by atoms with van der Waals surface area (Å²) in [4.78, 5) is 0. The van der Waals surface area contributed by atoms with Gasteiger partial charge in [-0.25, -0.2) is 0 Å². The average molecular weight is 165 g/mol. The van der Waals surface area contributed by atoms with Crippen LogP contribution >= 0.6 is 0 Å². The number of hydrogen-bond donors (Lipinski definition) is 1. The summed E-state index contributed by atoms with van der Waals surface area (Å²) in [5.74, 6) is 0. The van der Waals surface area contributed by atoms with Gasteiger partial charge in [0.05, 0.1) is 0 Å². The van der Waals surface area contributed by atoms with E-state index in [0.717, 1.165) is 4.43 Å². The van der Waals surface area contributed by atoms with Gasteiger partial charge < -0.3 is 10.4 Å². The Labute approximate surface area is 70.3 Å². The summed E-state index contributed by atoms with van der Waals surface area (Å²) in [5, 5.41) is 21.1. The van der Waals surface area contributed by atoms with Crippen molar-refractivity contribution in [3.63, 3.8) is 0 Å². The smallest absolute Gasteiger partial charge is 0.648 e. The highest BCUT2D eigenvalue weighted by atomic mass is 27.1. The molecule has 0 saturated heterocycles. The van der Waals surface area contributed by atoms with Crippen LogP contribution in [0.3, 0.4) is 0 Å². The molecule has 0 amide bonds. The Kier molecular flexibility index (Phi) is 2.90. The van der Waals surface area contributed by atoms with Crippen molar-refractivity contribution in [3.05, 3.63) is 35.5 Å². The quantitative estimate of drug-likeness (QED) is 0.388. The topological polar surface area (TPSA) is 58.7 Å². The first-order valence-corrected chi connectivity index (χ1v) is 4.13. The third-order valence-electron chi connectivity index (χ3n) is 1.15. The molecule has 0 spiro atoms. The van der Waals surface area contributed by atoms with E-state index in [4.69, 9.17) is 5.21 Å². The van der Waals surface area contributed by atoms with Crippen molar-refractivity contribution < 1.29 is 9.05 Å². The van der Waals surface area contributed by atoms with Gasteiger partial charge in [-0.3, -0.25) is 3.84 Å². The number of nitrogens with zero attached hydrogens (tertiary/aromatic N) is 2. The molecular formula is C6H6AlN2O2. The zero-order chi connectivity index (χ0) is 8.10. The lowest BCUT2D eigenvalue weighted by Gasteiger charge is -1.95. The SMILES string of the molecule is [O-][N+](=NO)[Al][c]1ccccc1. The highest BCUT2D eigenvalue weighted by Gasteiger charge is 2.14. The number of hydrogen-bond acceptors (Lipinski definition) is 2. The van der Waals surface area contributed by atoms with Gasteiger partial charge in [0.25, 0.3) is 0 Å². The van der Waals surface area contributed by atoms with Crippen LogP contribution in [0, 0.1) is 5.21 Å². The Morgan fingerprint density at radius 2 is 2.00 bits per heavy atom. The van der Waals surface area contributed by atoms with Crippen LogP contribution < -0.4 is 4.43 Å². The number of rotatable bonds is 2. The van der Waals surface area contributed by atoms with E-state index in [1.54, 1.807) is 0 Å². The van der Waals surface area contributed by atoms with E-state index in [2.05, 4.69) is 5.28 Å². The minimum absolute atomic E-state index is 0.301. The Morgan fingerprint density at radius 1 is 1.36 bits per heavy atom. The van der Waals surface area contributed by atoms with Gasteiger partial charge in [0.2, 0.25) is 0 Å². The van der Waals surface area contributed by atoms with Crippen LogP contribution in [-0.2, 0) is 0 Å². The molecule has 0 saturated carbocycles. The lowest BCUT2D eigenvalue weighted by molar-refractivity contribution is -0.417. The van der Waals surface area contributed by atoms with E-state index in [1.165, 1.54) is 0 Å². The first-order chi connectivity index (χ1) is 5.33. The molecule has 0 aliphatic heterocycles. The lowest BCUT2D eigenvalue weighted by Crippen LogP contribution is -2.22. The van der Waals surface area contributed by atoms with Gasteiger partial charge in [-0.05, 0) is 4.43 Å². The highest BCUT2D eigenvalue weighted by Crippen LogP contribution is 1.81. The van der Waals surface area contributed by atoms with Crippen molar-refractivity contribution in [2.75, 3.05) is 0 Å². The van der Waals surface area contributed by atoms with Crippen LogP contribution in [0.2, 0.25) is 0 Å². The van der Waals surface area contributed by atoms with Crippen LogP contribution in [0.25, 0.3) is 0 Å². The molecule has 0 bridgehead atoms. The lowest BCUT2D eigenvalue weighted by atomic mass is 10.4. The summed E-state index contributed by atoms with van der Waals surface area (Å²) in [6.45, 7) is 0. The van der Waals surface area contributed by atoms with E-state index in [-0.39, 0.29) is 0 Å². The van der Waals surface area contributed by atoms with Crippen molar-refractivity contribution in [2.45, 2.75) is 0 Å². The van der Waals surface area contributed by atoms with E-state index in [0.29, 0.717) is 3.84 Å². The predicted molar refractivity (Wildman–Crippen MR) is 39.7 cm³/mol. The molecule has 55 valence electrons. The maximum absolute atomic E-state index is 10.5. The molecular weight excluding hydrogens is 159 g/mol. The Bertz CT molecular complexity index is 250. The minimum Gasteiger partial charge on any atom is -0.648 e. The fourth-order valence-electron chi connectivity index (χ4n) is 0.692. The number of benzene rings is 1.